The van der Waals surface area contributed by atoms with Gasteiger partial charge in [-0.1, -0.05) is 0 Å². The van der Waals surface area contributed by atoms with Gasteiger partial charge in [-0.15, -0.1) is 24.8 Å². The number of piperazine rings is 1. The van der Waals surface area contributed by atoms with E-state index in [1.165, 1.54) is 32.5 Å². The lowest BCUT2D eigenvalue weighted by atomic mass is 9.97. The highest BCUT2D eigenvalue weighted by atomic mass is 35.5. The van der Waals surface area contributed by atoms with Crippen molar-refractivity contribution >= 4 is 30.7 Å². The maximum Gasteiger partial charge on any atom is 0.251 e. The summed E-state index contributed by atoms with van der Waals surface area (Å²) in [4.78, 5) is 17.2. The number of halogens is 2. The van der Waals surface area contributed by atoms with E-state index in [9.17, 15) is 4.79 Å². The molecule has 1 aromatic carbocycles. The molecule has 8 heteroatoms. The molecular formula is C20H34Cl2N4O2. The summed E-state index contributed by atoms with van der Waals surface area (Å²) in [7, 11) is 1.63. The van der Waals surface area contributed by atoms with E-state index in [2.05, 4.69) is 20.4 Å². The van der Waals surface area contributed by atoms with E-state index in [1.54, 1.807) is 19.2 Å². The molecular weight excluding hydrogens is 399 g/mol. The molecule has 0 spiro atoms. The molecule has 6 nitrogen and oxygen atoms in total. The lowest BCUT2D eigenvalue weighted by Crippen LogP contribution is -2.50. The van der Waals surface area contributed by atoms with Gasteiger partial charge in [0, 0.05) is 51.4 Å². The molecule has 0 saturated carbocycles. The third kappa shape index (κ3) is 7.76. The second-order valence-electron chi connectivity index (χ2n) is 7.32. The summed E-state index contributed by atoms with van der Waals surface area (Å²) < 4.78 is 5.12. The molecule has 0 atom stereocenters. The minimum atomic E-state index is -0.0165. The van der Waals surface area contributed by atoms with Crippen LogP contribution in [0.2, 0.25) is 0 Å². The van der Waals surface area contributed by atoms with Gasteiger partial charge in [-0.2, -0.15) is 0 Å². The molecule has 28 heavy (non-hydrogen) atoms. The Labute approximate surface area is 181 Å². The van der Waals surface area contributed by atoms with E-state index in [0.29, 0.717) is 12.1 Å². The zero-order valence-electron chi connectivity index (χ0n) is 16.7. The highest BCUT2D eigenvalue weighted by Gasteiger charge is 2.21. The quantitative estimate of drug-likeness (QED) is 0.688. The van der Waals surface area contributed by atoms with Gasteiger partial charge in [0.2, 0.25) is 0 Å². The summed E-state index contributed by atoms with van der Waals surface area (Å²) in [5, 5.41) is 6.46. The van der Waals surface area contributed by atoms with Crippen molar-refractivity contribution in [1.29, 1.82) is 0 Å². The van der Waals surface area contributed by atoms with E-state index in [1.807, 2.05) is 12.1 Å². The molecule has 2 N–H and O–H groups in total. The molecule has 3 rings (SSSR count). The highest BCUT2D eigenvalue weighted by Crippen LogP contribution is 2.15. The number of carbonyl (C=O) groups excluding carboxylic acids is 1. The zero-order chi connectivity index (χ0) is 18.2. The van der Waals surface area contributed by atoms with Gasteiger partial charge >= 0.3 is 0 Å². The van der Waals surface area contributed by atoms with Crippen LogP contribution in [0.3, 0.4) is 0 Å². The van der Waals surface area contributed by atoms with Gasteiger partial charge in [0.05, 0.1) is 7.11 Å². The van der Waals surface area contributed by atoms with Gasteiger partial charge in [-0.05, 0) is 56.1 Å². The lowest BCUT2D eigenvalue weighted by molar-refractivity contribution is 0.0924. The van der Waals surface area contributed by atoms with Crippen LogP contribution in [0, 0.1) is 5.92 Å². The first-order valence-electron chi connectivity index (χ1n) is 9.82. The Hall–Kier alpha value is -1.05. The van der Waals surface area contributed by atoms with Crippen molar-refractivity contribution in [2.45, 2.75) is 12.8 Å². The van der Waals surface area contributed by atoms with Gasteiger partial charge in [-0.25, -0.2) is 0 Å². The maximum atomic E-state index is 12.2. The number of hydrogen-bond acceptors (Lipinski definition) is 5. The average Bonchev–Trinajstić information content (AvgIpc) is 2.70. The van der Waals surface area contributed by atoms with Crippen LogP contribution in [-0.2, 0) is 0 Å². The van der Waals surface area contributed by atoms with Crippen LogP contribution in [0.4, 0.5) is 0 Å². The summed E-state index contributed by atoms with van der Waals surface area (Å²) in [5.74, 6) is 1.62. The lowest BCUT2D eigenvalue weighted by Gasteiger charge is -2.37. The molecule has 1 aromatic rings. The summed E-state index contributed by atoms with van der Waals surface area (Å²) >= 11 is 0. The van der Waals surface area contributed by atoms with Crippen LogP contribution in [0.1, 0.15) is 23.2 Å². The second kappa shape index (κ2) is 13.2. The van der Waals surface area contributed by atoms with E-state index in [4.69, 9.17) is 4.74 Å². The molecule has 2 heterocycles. The maximum absolute atomic E-state index is 12.2. The Morgan fingerprint density at radius 3 is 2.29 bits per heavy atom. The number of hydrogen-bond donors (Lipinski definition) is 2. The van der Waals surface area contributed by atoms with Crippen molar-refractivity contribution in [1.82, 2.24) is 20.4 Å². The van der Waals surface area contributed by atoms with Crippen LogP contribution in [-0.4, -0.2) is 81.7 Å². The van der Waals surface area contributed by atoms with E-state index in [0.717, 1.165) is 44.4 Å². The predicted molar refractivity (Wildman–Crippen MR) is 118 cm³/mol. The van der Waals surface area contributed by atoms with E-state index >= 15 is 0 Å². The summed E-state index contributed by atoms with van der Waals surface area (Å²) in [6.07, 6.45) is 2.63. The topological polar surface area (TPSA) is 56.8 Å². The molecule has 160 valence electrons. The summed E-state index contributed by atoms with van der Waals surface area (Å²) in [6.45, 7) is 9.72. The average molecular weight is 433 g/mol. The Kier molecular flexibility index (Phi) is 11.8. The first-order valence-corrected chi connectivity index (χ1v) is 9.82. The second-order valence-corrected chi connectivity index (χ2v) is 7.32. The fourth-order valence-corrected chi connectivity index (χ4v) is 3.80. The fraction of sp³-hybridized carbons (Fsp3) is 0.650. The SMILES string of the molecule is COc1ccc(C(=O)NCCN2CCN(CC3CCNCC3)CC2)cc1.Cl.Cl. The first-order chi connectivity index (χ1) is 12.7. The summed E-state index contributed by atoms with van der Waals surface area (Å²) in [6, 6.07) is 7.23. The number of carbonyl (C=O) groups is 1. The van der Waals surface area contributed by atoms with Crippen molar-refractivity contribution in [3.05, 3.63) is 29.8 Å². The van der Waals surface area contributed by atoms with E-state index in [-0.39, 0.29) is 30.7 Å². The molecule has 0 aliphatic carbocycles. The third-order valence-electron chi connectivity index (χ3n) is 5.51. The molecule has 2 saturated heterocycles. The number of piperidine rings is 1. The van der Waals surface area contributed by atoms with Crippen LogP contribution >= 0.6 is 24.8 Å². The minimum Gasteiger partial charge on any atom is -0.497 e. The molecule has 2 fully saturated rings. The smallest absolute Gasteiger partial charge is 0.251 e. The number of amides is 1. The number of benzene rings is 1. The van der Waals surface area contributed by atoms with Crippen molar-refractivity contribution in [3.63, 3.8) is 0 Å². The van der Waals surface area contributed by atoms with Crippen LogP contribution in [0.5, 0.6) is 5.75 Å². The van der Waals surface area contributed by atoms with Crippen LogP contribution < -0.4 is 15.4 Å². The molecule has 0 unspecified atom stereocenters. The summed E-state index contributed by atoms with van der Waals surface area (Å²) in [5.41, 5.74) is 0.678. The Morgan fingerprint density at radius 1 is 1.07 bits per heavy atom. The molecule has 0 bridgehead atoms. The van der Waals surface area contributed by atoms with Gasteiger partial charge in [0.25, 0.3) is 5.91 Å². The van der Waals surface area contributed by atoms with Crippen molar-refractivity contribution in [2.75, 3.05) is 66.0 Å². The molecule has 1 amide bonds. The normalized spacial score (nSPS) is 18.6. The Bertz CT molecular complexity index is 560. The molecule has 0 aromatic heterocycles. The van der Waals surface area contributed by atoms with Crippen molar-refractivity contribution in [3.8, 4) is 5.75 Å². The Balaban J connectivity index is 0.00000196. The minimum absolute atomic E-state index is 0. The predicted octanol–water partition coefficient (Wildman–Crippen LogP) is 1.89. The van der Waals surface area contributed by atoms with Crippen LogP contribution in [0.15, 0.2) is 24.3 Å². The van der Waals surface area contributed by atoms with Crippen LogP contribution in [0.25, 0.3) is 0 Å². The number of nitrogens with zero attached hydrogens (tertiary/aromatic N) is 2. The van der Waals surface area contributed by atoms with Gasteiger partial charge in [0.15, 0.2) is 0 Å². The standard InChI is InChI=1S/C20H32N4O2.2ClH/c1-26-19-4-2-18(3-5-19)20(25)22-10-11-23-12-14-24(15-13-23)16-17-6-8-21-9-7-17;;/h2-5,17,21H,6-16H2,1H3,(H,22,25);2*1H. The first kappa shape index (κ1) is 25.0. The fourth-order valence-electron chi connectivity index (χ4n) is 3.80. The van der Waals surface area contributed by atoms with Gasteiger partial charge in [-0.3, -0.25) is 9.69 Å². The Morgan fingerprint density at radius 2 is 1.68 bits per heavy atom. The third-order valence-corrected chi connectivity index (χ3v) is 5.51. The van der Waals surface area contributed by atoms with Gasteiger partial charge < -0.3 is 20.3 Å². The number of methoxy groups -OCH3 is 1. The monoisotopic (exact) mass is 432 g/mol. The molecule has 2 aliphatic heterocycles. The number of ether oxygens (including phenoxy) is 1. The number of nitrogens with one attached hydrogen (secondary N) is 2. The van der Waals surface area contributed by atoms with Crippen molar-refractivity contribution < 1.29 is 9.53 Å². The number of rotatable bonds is 7. The van der Waals surface area contributed by atoms with Crippen molar-refractivity contribution in [2.24, 2.45) is 5.92 Å². The van der Waals surface area contributed by atoms with Gasteiger partial charge in [0.1, 0.15) is 5.75 Å². The zero-order valence-corrected chi connectivity index (χ0v) is 18.3. The molecule has 0 radical (unpaired) electrons. The highest BCUT2D eigenvalue weighted by molar-refractivity contribution is 5.94. The van der Waals surface area contributed by atoms with E-state index < -0.39 is 0 Å². The molecule has 2 aliphatic rings. The largest absolute Gasteiger partial charge is 0.497 e.